The molecule has 1 amide bonds. The Morgan fingerprint density at radius 1 is 1.11 bits per heavy atom. The number of amides is 1. The second kappa shape index (κ2) is 9.61. The van der Waals surface area contributed by atoms with Crippen LogP contribution in [0.4, 0.5) is 5.69 Å². The minimum Gasteiger partial charge on any atom is -0.394 e. The lowest BCUT2D eigenvalue weighted by Gasteiger charge is -2.19. The van der Waals surface area contributed by atoms with E-state index in [-0.39, 0.29) is 30.6 Å². The van der Waals surface area contributed by atoms with E-state index in [0.29, 0.717) is 5.69 Å². The van der Waals surface area contributed by atoms with Gasteiger partial charge in [-0.3, -0.25) is 4.79 Å². The van der Waals surface area contributed by atoms with Crippen LogP contribution in [0.3, 0.4) is 0 Å². The first-order valence-corrected chi connectivity index (χ1v) is 9.96. The van der Waals surface area contributed by atoms with Gasteiger partial charge in [0.15, 0.2) is 0 Å². The smallest absolute Gasteiger partial charge is 0.240 e. The van der Waals surface area contributed by atoms with Gasteiger partial charge >= 0.3 is 0 Å². The summed E-state index contributed by atoms with van der Waals surface area (Å²) in [5.41, 5.74) is 2.42. The zero-order valence-corrected chi connectivity index (χ0v) is 16.1. The van der Waals surface area contributed by atoms with Crippen LogP contribution in [0.1, 0.15) is 24.2 Å². The number of sulfonamides is 1. The Bertz CT molecular complexity index is 849. The van der Waals surface area contributed by atoms with E-state index in [1.54, 1.807) is 0 Å². The van der Waals surface area contributed by atoms with Crippen molar-refractivity contribution in [2.45, 2.75) is 24.8 Å². The number of nitrogens with one attached hydrogen (secondary N) is 2. The van der Waals surface area contributed by atoms with Crippen molar-refractivity contribution in [2.75, 3.05) is 25.1 Å². The lowest BCUT2D eigenvalue weighted by Crippen LogP contribution is -2.30. The third-order valence-corrected chi connectivity index (χ3v) is 5.24. The van der Waals surface area contributed by atoms with E-state index in [9.17, 15) is 13.2 Å². The largest absolute Gasteiger partial charge is 0.394 e. The van der Waals surface area contributed by atoms with Crippen LogP contribution in [0.5, 0.6) is 0 Å². The fourth-order valence-electron chi connectivity index (χ4n) is 2.44. The van der Waals surface area contributed by atoms with Crippen LogP contribution in [0, 0.1) is 6.92 Å². The molecule has 0 aliphatic rings. The van der Waals surface area contributed by atoms with Crippen molar-refractivity contribution < 1.29 is 23.1 Å². The third-order valence-electron chi connectivity index (χ3n) is 3.80. The topological polar surface area (TPSA) is 105 Å². The number of hydrogen-bond donors (Lipinski definition) is 3. The molecule has 0 aliphatic heterocycles. The highest BCUT2D eigenvalue weighted by atomic mass is 32.2. The molecule has 146 valence electrons. The molecule has 2 aromatic rings. The molecule has 2 aromatic carbocycles. The molecule has 7 nitrogen and oxygen atoms in total. The number of anilines is 1. The van der Waals surface area contributed by atoms with Crippen molar-refractivity contribution in [1.29, 1.82) is 0 Å². The van der Waals surface area contributed by atoms with Gasteiger partial charge in [-0.05, 0) is 36.8 Å². The molecular weight excluding hydrogens is 368 g/mol. The van der Waals surface area contributed by atoms with Crippen LogP contribution in [0.25, 0.3) is 0 Å². The Hall–Kier alpha value is -2.26. The maximum atomic E-state index is 12.5. The first kappa shape index (κ1) is 21.0. The van der Waals surface area contributed by atoms with Crippen molar-refractivity contribution in [3.8, 4) is 0 Å². The predicted octanol–water partition coefficient (Wildman–Crippen LogP) is 1.98. The number of carbonyl (C=O) groups is 1. The summed E-state index contributed by atoms with van der Waals surface area (Å²) in [6.45, 7) is 3.31. The zero-order chi connectivity index (χ0) is 19.9. The molecule has 3 N–H and O–H groups in total. The normalized spacial score (nSPS) is 12.6. The van der Waals surface area contributed by atoms with Crippen LogP contribution in [-0.4, -0.2) is 39.2 Å². The predicted molar refractivity (Wildman–Crippen MR) is 103 cm³/mol. The highest BCUT2D eigenvalue weighted by Crippen LogP contribution is 2.19. The van der Waals surface area contributed by atoms with Gasteiger partial charge < -0.3 is 15.2 Å². The fourth-order valence-corrected chi connectivity index (χ4v) is 3.47. The Morgan fingerprint density at radius 2 is 1.74 bits per heavy atom. The van der Waals surface area contributed by atoms with Crippen LogP contribution < -0.4 is 10.0 Å². The van der Waals surface area contributed by atoms with Gasteiger partial charge in [-0.2, -0.15) is 0 Å². The summed E-state index contributed by atoms with van der Waals surface area (Å²) in [4.78, 5) is 11.1. The number of ether oxygens (including phenoxy) is 1. The molecule has 0 aromatic heterocycles. The molecule has 1 atom stereocenters. The summed E-state index contributed by atoms with van der Waals surface area (Å²) in [6.07, 6.45) is -0.522. The number of benzene rings is 2. The minimum absolute atomic E-state index is 0.0266. The third kappa shape index (κ3) is 6.44. The van der Waals surface area contributed by atoms with Crippen molar-refractivity contribution >= 4 is 21.6 Å². The van der Waals surface area contributed by atoms with Gasteiger partial charge in [0.25, 0.3) is 0 Å². The Labute approximate surface area is 159 Å². The van der Waals surface area contributed by atoms with Gasteiger partial charge in [-0.25, -0.2) is 13.1 Å². The molecule has 27 heavy (non-hydrogen) atoms. The van der Waals surface area contributed by atoms with Crippen molar-refractivity contribution in [3.05, 3.63) is 59.7 Å². The van der Waals surface area contributed by atoms with Crippen LogP contribution >= 0.6 is 0 Å². The van der Waals surface area contributed by atoms with E-state index < -0.39 is 16.1 Å². The molecule has 0 heterocycles. The maximum Gasteiger partial charge on any atom is 0.240 e. The SMILES string of the molecule is CC(=O)Nc1ccc(S(=O)(=O)NC[C@H](OCCO)c2ccc(C)cc2)cc1. The van der Waals surface area contributed by atoms with E-state index in [1.165, 1.54) is 31.2 Å². The minimum atomic E-state index is -3.75. The Balaban J connectivity index is 2.09. The molecule has 0 unspecified atom stereocenters. The standard InChI is InChI=1S/C19H24N2O5S/c1-14-3-5-16(6-4-14)19(26-12-11-22)13-20-27(24,25)18-9-7-17(8-10-18)21-15(2)23/h3-10,19-20,22H,11-13H2,1-2H3,(H,21,23)/t19-/m0/s1. The van der Waals surface area contributed by atoms with Crippen molar-refractivity contribution in [3.63, 3.8) is 0 Å². The van der Waals surface area contributed by atoms with Gasteiger partial charge in [0.2, 0.25) is 15.9 Å². The van der Waals surface area contributed by atoms with E-state index in [4.69, 9.17) is 9.84 Å². The second-order valence-electron chi connectivity index (χ2n) is 6.05. The summed E-state index contributed by atoms with van der Waals surface area (Å²) >= 11 is 0. The number of aliphatic hydroxyl groups is 1. The summed E-state index contributed by atoms with van der Waals surface area (Å²) in [5, 5.41) is 11.6. The quantitative estimate of drug-likeness (QED) is 0.605. The molecule has 0 bridgehead atoms. The van der Waals surface area contributed by atoms with Crippen molar-refractivity contribution in [1.82, 2.24) is 4.72 Å². The summed E-state index contributed by atoms with van der Waals surface area (Å²) in [6, 6.07) is 13.5. The molecule has 2 rings (SSSR count). The molecule has 0 aliphatic carbocycles. The molecular formula is C19H24N2O5S. The molecule has 0 radical (unpaired) electrons. The monoisotopic (exact) mass is 392 g/mol. The van der Waals surface area contributed by atoms with Crippen molar-refractivity contribution in [2.24, 2.45) is 0 Å². The van der Waals surface area contributed by atoms with Gasteiger partial charge in [0.1, 0.15) is 0 Å². The highest BCUT2D eigenvalue weighted by molar-refractivity contribution is 7.89. The summed E-state index contributed by atoms with van der Waals surface area (Å²) in [7, 11) is -3.75. The molecule has 0 spiro atoms. The summed E-state index contributed by atoms with van der Waals surface area (Å²) < 4.78 is 33.2. The average molecular weight is 392 g/mol. The first-order valence-electron chi connectivity index (χ1n) is 8.48. The Kier molecular flexibility index (Phi) is 7.49. The van der Waals surface area contributed by atoms with E-state index in [0.717, 1.165) is 11.1 Å². The zero-order valence-electron chi connectivity index (χ0n) is 15.3. The number of aryl methyl sites for hydroxylation is 1. The molecule has 0 fully saturated rings. The fraction of sp³-hybridized carbons (Fsp3) is 0.316. The van der Waals surface area contributed by atoms with Gasteiger partial charge in [0.05, 0.1) is 24.2 Å². The second-order valence-corrected chi connectivity index (χ2v) is 7.82. The molecule has 0 saturated heterocycles. The lowest BCUT2D eigenvalue weighted by molar-refractivity contribution is -0.114. The summed E-state index contributed by atoms with van der Waals surface area (Å²) in [5.74, 6) is -0.231. The molecule has 0 saturated carbocycles. The van der Waals surface area contributed by atoms with E-state index in [1.807, 2.05) is 31.2 Å². The number of carbonyl (C=O) groups excluding carboxylic acids is 1. The number of rotatable bonds is 9. The lowest BCUT2D eigenvalue weighted by atomic mass is 10.1. The molecule has 8 heteroatoms. The van der Waals surface area contributed by atoms with Gasteiger partial charge in [0, 0.05) is 19.2 Å². The number of hydrogen-bond acceptors (Lipinski definition) is 5. The Morgan fingerprint density at radius 3 is 2.30 bits per heavy atom. The van der Waals surface area contributed by atoms with Gasteiger partial charge in [-0.15, -0.1) is 0 Å². The van der Waals surface area contributed by atoms with Crippen LogP contribution in [0.2, 0.25) is 0 Å². The number of aliphatic hydroxyl groups excluding tert-OH is 1. The average Bonchev–Trinajstić information content (AvgIpc) is 2.63. The highest BCUT2D eigenvalue weighted by Gasteiger charge is 2.19. The van der Waals surface area contributed by atoms with Crippen LogP contribution in [0.15, 0.2) is 53.4 Å². The maximum absolute atomic E-state index is 12.5. The van der Waals surface area contributed by atoms with E-state index in [2.05, 4.69) is 10.0 Å². The van der Waals surface area contributed by atoms with Crippen LogP contribution in [-0.2, 0) is 19.6 Å². The van der Waals surface area contributed by atoms with Gasteiger partial charge in [-0.1, -0.05) is 29.8 Å². The van der Waals surface area contributed by atoms with E-state index >= 15 is 0 Å². The first-order chi connectivity index (χ1) is 12.8.